The Morgan fingerprint density at radius 3 is 3.11 bits per heavy atom. The lowest BCUT2D eigenvalue weighted by molar-refractivity contribution is 0.157. The topological polar surface area (TPSA) is 33.1 Å². The Balaban J connectivity index is 1.68. The molecule has 0 aliphatic carbocycles. The average Bonchev–Trinajstić information content (AvgIpc) is 2.92. The van der Waals surface area contributed by atoms with Gasteiger partial charge in [-0.15, -0.1) is 0 Å². The molecule has 0 spiro atoms. The van der Waals surface area contributed by atoms with E-state index in [0.29, 0.717) is 6.04 Å². The minimum absolute atomic E-state index is 0.606. The van der Waals surface area contributed by atoms with Crippen LogP contribution in [0.4, 0.5) is 0 Å². The minimum atomic E-state index is 0.606. The highest BCUT2D eigenvalue weighted by atomic mass is 15.3. The number of aromatic nitrogens is 2. The summed E-state index contributed by atoms with van der Waals surface area (Å²) < 4.78 is 1.99. The zero-order chi connectivity index (χ0) is 12.8. The normalized spacial score (nSPS) is 23.1. The molecule has 18 heavy (non-hydrogen) atoms. The third-order valence-corrected chi connectivity index (χ3v) is 4.06. The smallest absolute Gasteiger partial charge is 0.0534 e. The quantitative estimate of drug-likeness (QED) is 0.832. The molecule has 2 atom stereocenters. The summed E-state index contributed by atoms with van der Waals surface area (Å²) in [6.45, 7) is 10.3. The Kier molecular flexibility index (Phi) is 5.20. The van der Waals surface area contributed by atoms with E-state index in [1.54, 1.807) is 0 Å². The third kappa shape index (κ3) is 3.82. The molecule has 0 aromatic carbocycles. The molecule has 4 nitrogen and oxygen atoms in total. The van der Waals surface area contributed by atoms with Crippen LogP contribution >= 0.6 is 0 Å². The second-order valence-corrected chi connectivity index (χ2v) is 5.31. The van der Waals surface area contributed by atoms with Gasteiger partial charge < -0.3 is 10.2 Å². The predicted octanol–water partition coefficient (Wildman–Crippen LogP) is 1.59. The summed E-state index contributed by atoms with van der Waals surface area (Å²) in [5, 5.41) is 7.87. The number of hydrogen-bond acceptors (Lipinski definition) is 3. The van der Waals surface area contributed by atoms with Crippen LogP contribution in [0.3, 0.4) is 0 Å². The summed E-state index contributed by atoms with van der Waals surface area (Å²) in [6, 6.07) is 2.58. The molecule has 2 rings (SSSR count). The molecule has 0 saturated carbocycles. The van der Waals surface area contributed by atoms with Crippen molar-refractivity contribution in [1.82, 2.24) is 20.0 Å². The molecule has 0 amide bonds. The number of piperidine rings is 1. The standard InChI is InChI=1S/C14H26N4/c1-3-17-9-4-6-14(12-17)13(2)15-8-11-18-10-5-7-16-18/h5,7,10,13-15H,3-4,6,8-9,11-12H2,1-2H3. The Morgan fingerprint density at radius 2 is 2.39 bits per heavy atom. The Hall–Kier alpha value is -0.870. The molecule has 1 fully saturated rings. The van der Waals surface area contributed by atoms with Crippen molar-refractivity contribution in [1.29, 1.82) is 0 Å². The molecule has 2 heterocycles. The molecule has 1 N–H and O–H groups in total. The number of likely N-dealkylation sites (tertiary alicyclic amines) is 1. The summed E-state index contributed by atoms with van der Waals surface area (Å²) in [5.41, 5.74) is 0. The van der Waals surface area contributed by atoms with E-state index in [1.165, 1.54) is 32.5 Å². The summed E-state index contributed by atoms with van der Waals surface area (Å²) in [6.07, 6.45) is 6.57. The van der Waals surface area contributed by atoms with Gasteiger partial charge in [0.1, 0.15) is 0 Å². The Bertz CT molecular complexity index is 323. The monoisotopic (exact) mass is 250 g/mol. The average molecular weight is 250 g/mol. The van der Waals surface area contributed by atoms with Gasteiger partial charge in [0, 0.05) is 31.5 Å². The van der Waals surface area contributed by atoms with Gasteiger partial charge in [0.05, 0.1) is 6.54 Å². The van der Waals surface area contributed by atoms with E-state index in [9.17, 15) is 0 Å². The predicted molar refractivity (Wildman–Crippen MR) is 74.5 cm³/mol. The van der Waals surface area contributed by atoms with Gasteiger partial charge in [-0.3, -0.25) is 4.68 Å². The first-order valence-corrected chi connectivity index (χ1v) is 7.22. The summed E-state index contributed by atoms with van der Waals surface area (Å²) in [7, 11) is 0. The van der Waals surface area contributed by atoms with E-state index in [1.807, 2.05) is 23.1 Å². The van der Waals surface area contributed by atoms with Crippen molar-refractivity contribution in [2.75, 3.05) is 26.2 Å². The Morgan fingerprint density at radius 1 is 1.50 bits per heavy atom. The summed E-state index contributed by atoms with van der Waals surface area (Å²) >= 11 is 0. The molecular weight excluding hydrogens is 224 g/mol. The van der Waals surface area contributed by atoms with Crippen LogP contribution in [0.25, 0.3) is 0 Å². The maximum atomic E-state index is 4.22. The fourth-order valence-corrected chi connectivity index (χ4v) is 2.79. The van der Waals surface area contributed by atoms with Crippen molar-refractivity contribution in [3.05, 3.63) is 18.5 Å². The van der Waals surface area contributed by atoms with Crippen molar-refractivity contribution in [3.8, 4) is 0 Å². The lowest BCUT2D eigenvalue weighted by Gasteiger charge is -2.35. The van der Waals surface area contributed by atoms with Crippen LogP contribution in [0.15, 0.2) is 18.5 Å². The fraction of sp³-hybridized carbons (Fsp3) is 0.786. The van der Waals surface area contributed by atoms with Crippen molar-refractivity contribution in [3.63, 3.8) is 0 Å². The van der Waals surface area contributed by atoms with Gasteiger partial charge in [-0.1, -0.05) is 6.92 Å². The van der Waals surface area contributed by atoms with E-state index in [0.717, 1.165) is 19.0 Å². The van der Waals surface area contributed by atoms with E-state index >= 15 is 0 Å². The number of rotatable bonds is 6. The second-order valence-electron chi connectivity index (χ2n) is 5.31. The molecule has 2 unspecified atom stereocenters. The number of nitrogens with zero attached hydrogens (tertiary/aromatic N) is 3. The molecular formula is C14H26N4. The van der Waals surface area contributed by atoms with E-state index < -0.39 is 0 Å². The van der Waals surface area contributed by atoms with Crippen molar-refractivity contribution in [2.24, 2.45) is 5.92 Å². The highest BCUT2D eigenvalue weighted by molar-refractivity contribution is 4.81. The van der Waals surface area contributed by atoms with Gasteiger partial charge in [0.25, 0.3) is 0 Å². The van der Waals surface area contributed by atoms with Crippen LogP contribution in [0.1, 0.15) is 26.7 Å². The molecule has 0 bridgehead atoms. The molecule has 1 aromatic rings. The number of nitrogens with one attached hydrogen (secondary N) is 1. The first-order valence-electron chi connectivity index (χ1n) is 7.22. The van der Waals surface area contributed by atoms with Gasteiger partial charge >= 0.3 is 0 Å². The first-order chi connectivity index (χ1) is 8.79. The second kappa shape index (κ2) is 6.90. The first kappa shape index (κ1) is 13.6. The van der Waals surface area contributed by atoms with Gasteiger partial charge in [0.2, 0.25) is 0 Å². The van der Waals surface area contributed by atoms with Gasteiger partial charge in [0.15, 0.2) is 0 Å². The molecule has 0 radical (unpaired) electrons. The van der Waals surface area contributed by atoms with Crippen LogP contribution in [-0.4, -0.2) is 46.9 Å². The summed E-state index contributed by atoms with van der Waals surface area (Å²) in [4.78, 5) is 2.57. The van der Waals surface area contributed by atoms with E-state index in [4.69, 9.17) is 0 Å². The number of hydrogen-bond donors (Lipinski definition) is 1. The molecule has 1 saturated heterocycles. The highest BCUT2D eigenvalue weighted by Gasteiger charge is 2.23. The zero-order valence-corrected chi connectivity index (χ0v) is 11.7. The van der Waals surface area contributed by atoms with Crippen LogP contribution in [0, 0.1) is 5.92 Å². The van der Waals surface area contributed by atoms with Crippen LogP contribution < -0.4 is 5.32 Å². The van der Waals surface area contributed by atoms with Crippen molar-refractivity contribution in [2.45, 2.75) is 39.3 Å². The summed E-state index contributed by atoms with van der Waals surface area (Å²) in [5.74, 6) is 0.802. The largest absolute Gasteiger partial charge is 0.312 e. The van der Waals surface area contributed by atoms with Crippen molar-refractivity contribution >= 4 is 0 Å². The van der Waals surface area contributed by atoms with Crippen LogP contribution in [0.5, 0.6) is 0 Å². The maximum Gasteiger partial charge on any atom is 0.0534 e. The Labute approximate surface area is 110 Å². The molecule has 4 heteroatoms. The van der Waals surface area contributed by atoms with Gasteiger partial charge in [-0.25, -0.2) is 0 Å². The lowest BCUT2D eigenvalue weighted by atomic mass is 9.91. The van der Waals surface area contributed by atoms with Gasteiger partial charge in [-0.2, -0.15) is 5.10 Å². The van der Waals surface area contributed by atoms with Gasteiger partial charge in [-0.05, 0) is 44.8 Å². The van der Waals surface area contributed by atoms with E-state index in [2.05, 4.69) is 29.2 Å². The molecule has 1 aromatic heterocycles. The maximum absolute atomic E-state index is 4.22. The SMILES string of the molecule is CCN1CCCC(C(C)NCCn2cccn2)C1. The minimum Gasteiger partial charge on any atom is -0.312 e. The van der Waals surface area contributed by atoms with E-state index in [-0.39, 0.29) is 0 Å². The highest BCUT2D eigenvalue weighted by Crippen LogP contribution is 2.19. The molecule has 102 valence electrons. The lowest BCUT2D eigenvalue weighted by Crippen LogP contribution is -2.45. The zero-order valence-electron chi connectivity index (χ0n) is 11.7. The third-order valence-electron chi connectivity index (χ3n) is 4.06. The molecule has 1 aliphatic rings. The van der Waals surface area contributed by atoms with Crippen molar-refractivity contribution < 1.29 is 0 Å². The van der Waals surface area contributed by atoms with Crippen LogP contribution in [-0.2, 0) is 6.54 Å². The molecule has 1 aliphatic heterocycles. The fourth-order valence-electron chi connectivity index (χ4n) is 2.79. The van der Waals surface area contributed by atoms with Crippen LogP contribution in [0.2, 0.25) is 0 Å².